The Hall–Kier alpha value is -16.4. The van der Waals surface area contributed by atoms with E-state index < -0.39 is 10.0 Å². The number of sulfonamides is 1. The van der Waals surface area contributed by atoms with E-state index in [-0.39, 0.29) is 41.9 Å². The number of anilines is 4. The highest BCUT2D eigenvalue weighted by Gasteiger charge is 2.36. The van der Waals surface area contributed by atoms with Crippen LogP contribution in [0.5, 0.6) is 46.0 Å². The zero-order valence-electron chi connectivity index (χ0n) is 73.4. The molecule has 8 aromatic carbocycles. The normalized spacial score (nSPS) is 15.7. The quantitative estimate of drug-likeness (QED) is 0.0432. The molecule has 0 aliphatic carbocycles. The summed E-state index contributed by atoms with van der Waals surface area (Å²) in [5.74, 6) is 7.35. The summed E-state index contributed by atoms with van der Waals surface area (Å²) in [6.45, 7) is 13.7. The van der Waals surface area contributed by atoms with Gasteiger partial charge in [-0.05, 0) is 197 Å². The Morgan fingerprint density at radius 1 is 0.366 bits per heavy atom. The van der Waals surface area contributed by atoms with E-state index in [0.29, 0.717) is 150 Å². The number of hydrogen-bond acceptors (Lipinski definition) is 26. The molecule has 4 fully saturated rings. The van der Waals surface area contributed by atoms with E-state index in [9.17, 15) is 22.8 Å². The molecule has 0 bridgehead atoms. The molecule has 8 aromatic heterocycles. The Morgan fingerprint density at radius 2 is 0.649 bits per heavy atom. The van der Waals surface area contributed by atoms with E-state index in [0.717, 1.165) is 105 Å². The van der Waals surface area contributed by atoms with Crippen LogP contribution in [0.25, 0.3) is 89.2 Å². The lowest BCUT2D eigenvalue weighted by Crippen LogP contribution is -2.38. The highest BCUT2D eigenvalue weighted by atomic mass is 32.2. The molecule has 8 N–H and O–H groups in total. The monoisotopic (exact) mass is 1810 g/mol. The standard InChI is InChI=1S/C26H26N6O3.2C25H24N6O2.C23H22N6O3S/c1-34-15-5-8-22(33)31-14-13-19(16-31)32-26-23(25(27)28-17-29-26)24(30-32)18-9-11-21(12-10-18)35-20-6-3-2-4-7-20;1-2-21(32)30-14-12-18(13-15-30)31-25-22(24(26)27-16-28-25)23(29-31)17-8-10-20(11-9-17)33-19-6-4-3-5-7-19;1-2-6-21(32)30-14-13-18(15-30)31-25-22(24(26)27-16-28-25)23(29-31)17-9-11-20(12-10-17)33-19-7-4-3-5-8-19;1-2-33(30,31)28-13-12-17(14-28)29-23-20(22(24)25-15-26-23)21(27-29)16-8-10-19(11-9-16)32-18-6-4-3-5-7-18/h2-12,17,19H,13-16H2,1H3,(H2,27,28,29);2-11,16,18H,1,12-15H2,(H2,26,27,28);2-12,16,18H,13-15H2,1H3,(H2,26,27,28);2-11,15,17H,1,12-14H2,(H2,24,25,26)/b8-5+;;6-2+;. The van der Waals surface area contributed by atoms with E-state index in [1.165, 1.54) is 35.7 Å². The molecule has 4 saturated heterocycles. The topological polar surface area (TPSA) is 423 Å². The van der Waals surface area contributed by atoms with E-state index in [1.54, 1.807) is 36.1 Å². The summed E-state index contributed by atoms with van der Waals surface area (Å²) in [5.41, 5.74) is 33.9. The van der Waals surface area contributed by atoms with Crippen molar-refractivity contribution in [3.8, 4) is 91.0 Å². The summed E-state index contributed by atoms with van der Waals surface area (Å²) in [5, 5.41) is 23.3. The van der Waals surface area contributed by atoms with Crippen molar-refractivity contribution < 1.29 is 46.5 Å². The first-order valence-corrected chi connectivity index (χ1v) is 45.1. The maximum atomic E-state index is 12.5. The van der Waals surface area contributed by atoms with Crippen LogP contribution in [0.4, 0.5) is 23.3 Å². The Labute approximate surface area is 771 Å². The van der Waals surface area contributed by atoms with E-state index >= 15 is 0 Å². The van der Waals surface area contributed by atoms with Crippen LogP contribution in [-0.2, 0) is 29.1 Å². The Kier molecular flexibility index (Phi) is 27.2. The highest BCUT2D eigenvalue weighted by molar-refractivity contribution is 7.92. The van der Waals surface area contributed by atoms with Crippen molar-refractivity contribution in [2.75, 3.05) is 89.0 Å². The molecule has 20 rings (SSSR count). The van der Waals surface area contributed by atoms with Crippen molar-refractivity contribution in [2.45, 2.75) is 63.2 Å². The first-order chi connectivity index (χ1) is 65.4. The van der Waals surface area contributed by atoms with Crippen molar-refractivity contribution in [1.82, 2.24) is 98.0 Å². The van der Waals surface area contributed by atoms with Gasteiger partial charge < -0.3 is 61.3 Å². The van der Waals surface area contributed by atoms with Crippen LogP contribution in [-0.4, -0.2) is 190 Å². The van der Waals surface area contributed by atoms with Crippen LogP contribution in [0, 0.1) is 0 Å². The SMILES string of the molecule is C/C=C/C(=O)N1CCC(n2nc(-c3ccc(Oc4ccccc4)cc3)c3c(N)ncnc32)C1.C=CC(=O)N1CCC(n2nc(-c3ccc(Oc4ccccc4)cc3)c3c(N)ncnc32)CC1.C=CS(=O)(=O)N1CCC(n2nc(-c3ccc(Oc4ccccc4)cc3)c3c(N)ncnc32)C1.COC/C=C/C(=O)N1CCC(n2nc(-c3ccc(Oc4ccccc4)cc3)c3c(N)ncnc32)C1. The second-order valence-electron chi connectivity index (χ2n) is 31.8. The van der Waals surface area contributed by atoms with Gasteiger partial charge in [0.2, 0.25) is 27.7 Å². The first-order valence-electron chi connectivity index (χ1n) is 43.6. The van der Waals surface area contributed by atoms with Gasteiger partial charge in [0.25, 0.3) is 0 Å². The average molecular weight is 1810 g/mol. The number of carbonyl (C=O) groups is 3. The summed E-state index contributed by atoms with van der Waals surface area (Å²) in [6, 6.07) is 69.0. The third-order valence-electron chi connectivity index (χ3n) is 23.3. The Balaban J connectivity index is 0.000000124. The molecule has 3 atom stereocenters. The average Bonchev–Trinajstić information content (AvgIpc) is 1.62. The van der Waals surface area contributed by atoms with Gasteiger partial charge in [-0.25, -0.2) is 67.0 Å². The number of piperidine rings is 1. The van der Waals surface area contributed by atoms with Gasteiger partial charge in [0, 0.05) is 93.2 Å². The van der Waals surface area contributed by atoms with Crippen molar-refractivity contribution in [3.63, 3.8) is 0 Å². The molecule has 12 heterocycles. The maximum Gasteiger partial charge on any atom is 0.246 e. The van der Waals surface area contributed by atoms with Crippen molar-refractivity contribution in [1.29, 1.82) is 0 Å². The molecule has 0 radical (unpaired) electrons. The molecule has 3 amide bonds. The van der Waals surface area contributed by atoms with Crippen LogP contribution in [0.3, 0.4) is 0 Å². The predicted molar refractivity (Wildman–Crippen MR) is 512 cm³/mol. The number of para-hydroxylation sites is 4. The number of allylic oxidation sites excluding steroid dienone is 1. The first kappa shape index (κ1) is 89.6. The number of ether oxygens (including phenoxy) is 5. The fraction of sp³-hybridized carbons (Fsp3) is 0.202. The van der Waals surface area contributed by atoms with Crippen LogP contribution in [0.1, 0.15) is 63.2 Å². The molecule has 4 aliphatic heterocycles. The van der Waals surface area contributed by atoms with Gasteiger partial charge in [0.15, 0.2) is 22.6 Å². The number of carbonyl (C=O) groups excluding carboxylic acids is 3. The van der Waals surface area contributed by atoms with Gasteiger partial charge in [-0.15, -0.1) is 0 Å². The number of methoxy groups -OCH3 is 1. The molecular formula is C99H96N24O10S. The van der Waals surface area contributed by atoms with Crippen molar-refractivity contribution in [3.05, 3.63) is 293 Å². The molecule has 35 heteroatoms. The van der Waals surface area contributed by atoms with Crippen LogP contribution >= 0.6 is 0 Å². The lowest BCUT2D eigenvalue weighted by molar-refractivity contribution is -0.127. The zero-order chi connectivity index (χ0) is 92.8. The zero-order valence-corrected chi connectivity index (χ0v) is 74.2. The number of nitrogens with two attached hydrogens (primary N) is 4. The fourth-order valence-corrected chi connectivity index (χ4v) is 17.6. The van der Waals surface area contributed by atoms with Crippen LogP contribution < -0.4 is 41.9 Å². The third kappa shape index (κ3) is 20.0. The van der Waals surface area contributed by atoms with Gasteiger partial charge in [-0.3, -0.25) is 14.4 Å². The summed E-state index contributed by atoms with van der Waals surface area (Å²) < 4.78 is 61.9. The smallest absolute Gasteiger partial charge is 0.246 e. The molecule has 134 heavy (non-hydrogen) atoms. The number of fused-ring (bicyclic) bond motifs is 4. The van der Waals surface area contributed by atoms with Crippen molar-refractivity contribution >= 4 is 95.1 Å². The number of rotatable bonds is 23. The minimum Gasteiger partial charge on any atom is -0.457 e. The fourth-order valence-electron chi connectivity index (χ4n) is 16.6. The summed E-state index contributed by atoms with van der Waals surface area (Å²) in [6.07, 6.45) is 17.5. The molecule has 0 saturated carbocycles. The van der Waals surface area contributed by atoms with Gasteiger partial charge in [-0.1, -0.05) is 98.1 Å². The van der Waals surface area contributed by atoms with Crippen LogP contribution in [0.2, 0.25) is 0 Å². The van der Waals surface area contributed by atoms with Gasteiger partial charge in [-0.2, -0.15) is 24.7 Å². The van der Waals surface area contributed by atoms with E-state index in [1.807, 2.05) is 254 Å². The number of amides is 3. The summed E-state index contributed by atoms with van der Waals surface area (Å²) in [7, 11) is -1.90. The predicted octanol–water partition coefficient (Wildman–Crippen LogP) is 15.9. The van der Waals surface area contributed by atoms with Gasteiger partial charge in [0.05, 0.1) is 52.3 Å². The number of benzene rings is 8. The Morgan fingerprint density at radius 3 is 0.955 bits per heavy atom. The number of nitrogens with zero attached hydrogens (tertiary/aromatic N) is 20. The maximum absolute atomic E-state index is 12.5. The number of aromatic nitrogens is 16. The minimum absolute atomic E-state index is 0.0130. The largest absolute Gasteiger partial charge is 0.457 e. The van der Waals surface area contributed by atoms with Gasteiger partial charge in [0.1, 0.15) is 117 Å². The van der Waals surface area contributed by atoms with E-state index in [2.05, 4.69) is 53.0 Å². The van der Waals surface area contributed by atoms with Crippen LogP contribution in [0.15, 0.2) is 293 Å². The molecule has 678 valence electrons. The second-order valence-corrected chi connectivity index (χ2v) is 33.7. The summed E-state index contributed by atoms with van der Waals surface area (Å²) >= 11 is 0. The van der Waals surface area contributed by atoms with Gasteiger partial charge >= 0.3 is 0 Å². The molecule has 16 aromatic rings. The Bertz CT molecular complexity index is 7070. The third-order valence-corrected chi connectivity index (χ3v) is 24.8. The molecular weight excluding hydrogens is 1720 g/mol. The number of nitrogen functional groups attached to an aromatic ring is 4. The van der Waals surface area contributed by atoms with Crippen molar-refractivity contribution in [2.24, 2.45) is 0 Å². The summed E-state index contributed by atoms with van der Waals surface area (Å²) in [4.78, 5) is 76.8. The second kappa shape index (κ2) is 40.7. The minimum atomic E-state index is -3.49. The molecule has 3 unspecified atom stereocenters. The lowest BCUT2D eigenvalue weighted by Gasteiger charge is -2.31. The molecule has 0 spiro atoms. The molecule has 34 nitrogen and oxygen atoms in total. The lowest BCUT2D eigenvalue weighted by atomic mass is 10.1. The number of likely N-dealkylation sites (tertiary alicyclic amines) is 3. The number of hydrogen-bond donors (Lipinski definition) is 4. The van der Waals surface area contributed by atoms with E-state index in [4.69, 9.17) is 67.0 Å². The highest BCUT2D eigenvalue weighted by Crippen LogP contribution is 2.42. The molecule has 4 aliphatic rings.